The van der Waals surface area contributed by atoms with E-state index in [9.17, 15) is 0 Å². The summed E-state index contributed by atoms with van der Waals surface area (Å²) in [4.78, 5) is 8.81. The Balaban J connectivity index is 1.27. The smallest absolute Gasteiger partial charge is 0.142 e. The summed E-state index contributed by atoms with van der Waals surface area (Å²) in [5.74, 6) is 0.899. The molecule has 0 fully saturated rings. The molecule has 0 saturated heterocycles. The molecule has 2 aromatic heterocycles. The lowest BCUT2D eigenvalue weighted by Gasteiger charge is -2.25. The first-order valence-corrected chi connectivity index (χ1v) is 9.38. The van der Waals surface area contributed by atoms with E-state index in [2.05, 4.69) is 44.9 Å². The van der Waals surface area contributed by atoms with Crippen LogP contribution in [0.25, 0.3) is 0 Å². The second kappa shape index (κ2) is 8.75. The molecular weight excluding hydrogens is 336 g/mol. The molecule has 0 aliphatic carbocycles. The topological polar surface area (TPSA) is 59.1 Å². The number of nitrogens with one attached hydrogen (secondary N) is 2. The van der Waals surface area contributed by atoms with Crippen LogP contribution < -0.4 is 15.4 Å². The van der Waals surface area contributed by atoms with Gasteiger partial charge in [0.25, 0.3) is 0 Å². The number of hydrogen-bond acceptors (Lipinski definition) is 5. The van der Waals surface area contributed by atoms with Gasteiger partial charge >= 0.3 is 0 Å². The van der Waals surface area contributed by atoms with Crippen molar-refractivity contribution in [3.8, 4) is 5.75 Å². The predicted molar refractivity (Wildman–Crippen MR) is 105 cm³/mol. The average molecular weight is 360 g/mol. The standard InChI is InChI=1S/C22H24N4O/c1-2-11-24-19(4-1)16-23-14-17-6-8-18(9-7-17)15-26-20-10-13-27-21-5-3-12-25-22(20)21/h1-9,11-12,20,23,26H,10,13-16H2. The third-order valence-electron chi connectivity index (χ3n) is 4.73. The van der Waals surface area contributed by atoms with Gasteiger partial charge in [-0.15, -0.1) is 0 Å². The fraction of sp³-hybridized carbons (Fsp3) is 0.273. The summed E-state index contributed by atoms with van der Waals surface area (Å²) in [6.45, 7) is 3.17. The Bertz CT molecular complexity index is 852. The van der Waals surface area contributed by atoms with Crippen molar-refractivity contribution in [2.45, 2.75) is 32.1 Å². The van der Waals surface area contributed by atoms with Gasteiger partial charge in [0, 0.05) is 38.4 Å². The number of benzene rings is 1. The molecule has 0 bridgehead atoms. The van der Waals surface area contributed by atoms with Gasteiger partial charge in [-0.3, -0.25) is 9.97 Å². The first-order chi connectivity index (χ1) is 13.4. The molecule has 1 aliphatic heterocycles. The lowest BCUT2D eigenvalue weighted by atomic mass is 10.1. The van der Waals surface area contributed by atoms with Gasteiger partial charge in [0.15, 0.2) is 0 Å². The predicted octanol–water partition coefficient (Wildman–Crippen LogP) is 3.38. The highest BCUT2D eigenvalue weighted by Gasteiger charge is 2.21. The van der Waals surface area contributed by atoms with E-state index < -0.39 is 0 Å². The summed E-state index contributed by atoms with van der Waals surface area (Å²) in [5.41, 5.74) is 4.61. The maximum Gasteiger partial charge on any atom is 0.142 e. The van der Waals surface area contributed by atoms with Crippen LogP contribution in [0.1, 0.15) is 35.0 Å². The zero-order valence-corrected chi connectivity index (χ0v) is 15.3. The van der Waals surface area contributed by atoms with Crippen molar-refractivity contribution < 1.29 is 4.74 Å². The number of nitrogens with zero attached hydrogens (tertiary/aromatic N) is 2. The number of pyridine rings is 2. The molecule has 1 aliphatic rings. The quantitative estimate of drug-likeness (QED) is 0.676. The molecule has 27 heavy (non-hydrogen) atoms. The van der Waals surface area contributed by atoms with E-state index >= 15 is 0 Å². The summed E-state index contributed by atoms with van der Waals surface area (Å²) < 4.78 is 5.68. The summed E-state index contributed by atoms with van der Waals surface area (Å²) >= 11 is 0. The second-order valence-electron chi connectivity index (χ2n) is 6.70. The normalized spacial score (nSPS) is 15.8. The van der Waals surface area contributed by atoms with Gasteiger partial charge in [-0.25, -0.2) is 0 Å². The third kappa shape index (κ3) is 4.70. The fourth-order valence-electron chi connectivity index (χ4n) is 3.26. The molecular formula is C22H24N4O. The lowest BCUT2D eigenvalue weighted by molar-refractivity contribution is 0.247. The minimum absolute atomic E-state index is 0.245. The lowest BCUT2D eigenvalue weighted by Crippen LogP contribution is -2.27. The Morgan fingerprint density at radius 1 is 0.852 bits per heavy atom. The van der Waals surface area contributed by atoms with E-state index in [0.29, 0.717) is 0 Å². The molecule has 1 atom stereocenters. The summed E-state index contributed by atoms with van der Waals surface area (Å²) in [6, 6.07) is 18.9. The molecule has 0 spiro atoms. The Hall–Kier alpha value is -2.76. The number of hydrogen-bond donors (Lipinski definition) is 2. The fourth-order valence-corrected chi connectivity index (χ4v) is 3.26. The van der Waals surface area contributed by atoms with Crippen LogP contribution in [0.4, 0.5) is 0 Å². The van der Waals surface area contributed by atoms with Gasteiger partial charge < -0.3 is 15.4 Å². The van der Waals surface area contributed by atoms with Crippen molar-refractivity contribution in [1.29, 1.82) is 0 Å². The largest absolute Gasteiger partial charge is 0.492 e. The number of fused-ring (bicyclic) bond motifs is 1. The monoisotopic (exact) mass is 360 g/mol. The van der Waals surface area contributed by atoms with Crippen LogP contribution >= 0.6 is 0 Å². The van der Waals surface area contributed by atoms with Crippen molar-refractivity contribution >= 4 is 0 Å². The first kappa shape index (κ1) is 17.6. The first-order valence-electron chi connectivity index (χ1n) is 9.38. The number of rotatable bonds is 7. The molecule has 1 aromatic carbocycles. The van der Waals surface area contributed by atoms with Gasteiger partial charge in [0.1, 0.15) is 5.75 Å². The Labute approximate surface area is 159 Å². The van der Waals surface area contributed by atoms with E-state index in [-0.39, 0.29) is 6.04 Å². The summed E-state index contributed by atoms with van der Waals surface area (Å²) in [6.07, 6.45) is 4.60. The number of ether oxygens (including phenoxy) is 1. The van der Waals surface area contributed by atoms with Crippen molar-refractivity contribution in [3.05, 3.63) is 89.5 Å². The molecule has 2 N–H and O–H groups in total. The Kier molecular flexibility index (Phi) is 5.72. The zero-order valence-electron chi connectivity index (χ0n) is 15.3. The van der Waals surface area contributed by atoms with Crippen LogP contribution in [0.15, 0.2) is 67.0 Å². The molecule has 3 heterocycles. The van der Waals surface area contributed by atoms with Crippen LogP contribution in [0, 0.1) is 0 Å². The van der Waals surface area contributed by atoms with E-state index in [1.54, 1.807) is 0 Å². The molecule has 1 unspecified atom stereocenters. The van der Waals surface area contributed by atoms with Gasteiger partial charge in [0.05, 0.1) is 24.0 Å². The van der Waals surface area contributed by atoms with Gasteiger partial charge in [0.2, 0.25) is 0 Å². The summed E-state index contributed by atoms with van der Waals surface area (Å²) in [5, 5.41) is 7.04. The van der Waals surface area contributed by atoms with Crippen LogP contribution in [0.3, 0.4) is 0 Å². The minimum Gasteiger partial charge on any atom is -0.492 e. The van der Waals surface area contributed by atoms with Crippen molar-refractivity contribution in [2.24, 2.45) is 0 Å². The number of aromatic nitrogens is 2. The van der Waals surface area contributed by atoms with E-state index in [4.69, 9.17) is 4.74 Å². The van der Waals surface area contributed by atoms with Gasteiger partial charge in [-0.2, -0.15) is 0 Å². The maximum absolute atomic E-state index is 5.68. The molecule has 0 amide bonds. The van der Waals surface area contributed by atoms with Gasteiger partial charge in [-0.05, 0) is 35.4 Å². The van der Waals surface area contributed by atoms with Gasteiger partial charge in [-0.1, -0.05) is 30.3 Å². The highest BCUT2D eigenvalue weighted by atomic mass is 16.5. The summed E-state index contributed by atoms with van der Waals surface area (Å²) in [7, 11) is 0. The molecule has 4 rings (SSSR count). The highest BCUT2D eigenvalue weighted by molar-refractivity contribution is 5.31. The molecule has 0 radical (unpaired) electrons. The molecule has 138 valence electrons. The molecule has 3 aromatic rings. The molecule has 0 saturated carbocycles. The minimum atomic E-state index is 0.245. The van der Waals surface area contributed by atoms with Crippen LogP contribution in [-0.2, 0) is 19.6 Å². The van der Waals surface area contributed by atoms with Crippen molar-refractivity contribution in [3.63, 3.8) is 0 Å². The Morgan fingerprint density at radius 3 is 2.48 bits per heavy atom. The zero-order chi connectivity index (χ0) is 18.3. The van der Waals surface area contributed by atoms with Crippen LogP contribution in [-0.4, -0.2) is 16.6 Å². The second-order valence-corrected chi connectivity index (χ2v) is 6.70. The molecule has 5 heteroatoms. The Morgan fingerprint density at radius 2 is 1.67 bits per heavy atom. The maximum atomic E-state index is 5.68. The SMILES string of the molecule is c1ccc(CNCc2ccc(CNC3CCOc4cccnc43)cc2)nc1. The van der Waals surface area contributed by atoms with Crippen LogP contribution in [0.2, 0.25) is 0 Å². The van der Waals surface area contributed by atoms with E-state index in [1.807, 2.05) is 42.7 Å². The molecule has 5 nitrogen and oxygen atoms in total. The average Bonchev–Trinajstić information content (AvgIpc) is 2.74. The van der Waals surface area contributed by atoms with Crippen molar-refractivity contribution in [1.82, 2.24) is 20.6 Å². The van der Waals surface area contributed by atoms with Crippen molar-refractivity contribution in [2.75, 3.05) is 6.61 Å². The van der Waals surface area contributed by atoms with Crippen LogP contribution in [0.5, 0.6) is 5.75 Å². The van der Waals surface area contributed by atoms with E-state index in [1.165, 1.54) is 11.1 Å². The third-order valence-corrected chi connectivity index (χ3v) is 4.73. The highest BCUT2D eigenvalue weighted by Crippen LogP contribution is 2.29. The van der Waals surface area contributed by atoms with E-state index in [0.717, 1.165) is 49.8 Å².